The first-order valence-corrected chi connectivity index (χ1v) is 10.3. The van der Waals surface area contributed by atoms with Crippen LogP contribution in [0.25, 0.3) is 0 Å². The second kappa shape index (κ2) is 9.79. The minimum absolute atomic E-state index is 0.0583. The summed E-state index contributed by atoms with van der Waals surface area (Å²) in [5.41, 5.74) is 2.97. The summed E-state index contributed by atoms with van der Waals surface area (Å²) in [7, 11) is 3.21. The summed E-state index contributed by atoms with van der Waals surface area (Å²) in [6.45, 7) is 4.93. The quantitative estimate of drug-likeness (QED) is 0.600. The van der Waals surface area contributed by atoms with E-state index >= 15 is 0 Å². The van der Waals surface area contributed by atoms with Crippen LogP contribution in [-0.2, 0) is 13.0 Å². The third kappa shape index (κ3) is 5.10. The van der Waals surface area contributed by atoms with Crippen LogP contribution in [0, 0.1) is 5.92 Å². The Kier molecular flexibility index (Phi) is 7.15. The van der Waals surface area contributed by atoms with Gasteiger partial charge >= 0.3 is 0 Å². The Morgan fingerprint density at radius 3 is 2.55 bits per heavy atom. The van der Waals surface area contributed by atoms with Crippen molar-refractivity contribution in [3.05, 3.63) is 53.1 Å². The van der Waals surface area contributed by atoms with Gasteiger partial charge in [-0.15, -0.1) is 0 Å². The van der Waals surface area contributed by atoms with Gasteiger partial charge < -0.3 is 14.6 Å². The van der Waals surface area contributed by atoms with Gasteiger partial charge in [0.05, 0.1) is 14.2 Å². The maximum absolute atomic E-state index is 12.8. The van der Waals surface area contributed by atoms with E-state index in [1.54, 1.807) is 20.3 Å². The van der Waals surface area contributed by atoms with Crippen LogP contribution in [0.2, 0.25) is 0 Å². The molecular weight excluding hydrogens is 366 g/mol. The number of aromatic hydroxyl groups is 1. The monoisotopic (exact) mass is 397 g/mol. The van der Waals surface area contributed by atoms with Gasteiger partial charge in [0.15, 0.2) is 17.3 Å². The van der Waals surface area contributed by atoms with Crippen LogP contribution in [0.4, 0.5) is 0 Å². The molecule has 0 saturated heterocycles. The predicted octanol–water partition coefficient (Wildman–Crippen LogP) is 4.46. The maximum Gasteiger partial charge on any atom is 0.166 e. The molecule has 2 aromatic rings. The normalized spacial score (nSPS) is 15.6. The molecule has 1 unspecified atom stereocenters. The summed E-state index contributed by atoms with van der Waals surface area (Å²) >= 11 is 0. The van der Waals surface area contributed by atoms with Crippen molar-refractivity contribution in [1.82, 2.24) is 4.90 Å². The molecule has 1 atom stereocenters. The van der Waals surface area contributed by atoms with Crippen LogP contribution < -0.4 is 9.47 Å². The van der Waals surface area contributed by atoms with E-state index in [4.69, 9.17) is 9.47 Å². The zero-order valence-corrected chi connectivity index (χ0v) is 17.6. The van der Waals surface area contributed by atoms with E-state index in [0.717, 1.165) is 62.0 Å². The van der Waals surface area contributed by atoms with Crippen molar-refractivity contribution in [2.75, 3.05) is 27.3 Å². The largest absolute Gasteiger partial charge is 0.508 e. The number of rotatable bonds is 10. The van der Waals surface area contributed by atoms with Gasteiger partial charge in [-0.2, -0.15) is 0 Å². The molecule has 0 aliphatic heterocycles. The second-order valence-corrected chi connectivity index (χ2v) is 7.66. The summed E-state index contributed by atoms with van der Waals surface area (Å²) in [6.07, 6.45) is 3.77. The van der Waals surface area contributed by atoms with Crippen molar-refractivity contribution >= 4 is 5.78 Å². The molecule has 1 aliphatic rings. The fourth-order valence-corrected chi connectivity index (χ4v) is 4.12. The van der Waals surface area contributed by atoms with Crippen LogP contribution in [-0.4, -0.2) is 43.1 Å². The summed E-state index contributed by atoms with van der Waals surface area (Å²) in [6, 6.07) is 11.2. The van der Waals surface area contributed by atoms with E-state index in [2.05, 4.69) is 11.8 Å². The Hall–Kier alpha value is -2.53. The lowest BCUT2D eigenvalue weighted by atomic mass is 9.98. The SMILES string of the molecule is CCN(CCCCC1Cc2cc(OC)c(OC)cc2C1=O)Cc1cccc(O)c1. The lowest BCUT2D eigenvalue weighted by Crippen LogP contribution is -2.24. The van der Waals surface area contributed by atoms with Crippen LogP contribution in [0.5, 0.6) is 17.2 Å². The molecule has 0 heterocycles. The third-order valence-electron chi connectivity index (χ3n) is 5.75. The topological polar surface area (TPSA) is 59.0 Å². The van der Waals surface area contributed by atoms with E-state index in [1.165, 1.54) is 0 Å². The maximum atomic E-state index is 12.8. The van der Waals surface area contributed by atoms with Gasteiger partial charge in [-0.3, -0.25) is 9.69 Å². The molecular formula is C24H31NO4. The molecule has 156 valence electrons. The van der Waals surface area contributed by atoms with Gasteiger partial charge in [-0.1, -0.05) is 25.5 Å². The number of fused-ring (bicyclic) bond motifs is 1. The fraction of sp³-hybridized carbons (Fsp3) is 0.458. The number of carbonyl (C=O) groups excluding carboxylic acids is 1. The lowest BCUT2D eigenvalue weighted by molar-refractivity contribution is 0.0928. The summed E-state index contributed by atoms with van der Waals surface area (Å²) < 4.78 is 10.7. The summed E-state index contributed by atoms with van der Waals surface area (Å²) in [5, 5.41) is 9.63. The van der Waals surface area contributed by atoms with Gasteiger partial charge in [0.2, 0.25) is 0 Å². The Balaban J connectivity index is 1.49. The smallest absolute Gasteiger partial charge is 0.166 e. The molecule has 1 N–H and O–H groups in total. The van der Waals surface area contributed by atoms with E-state index in [1.807, 2.05) is 30.3 Å². The molecule has 0 bridgehead atoms. The fourth-order valence-electron chi connectivity index (χ4n) is 4.12. The highest BCUT2D eigenvalue weighted by molar-refractivity contribution is 6.02. The molecule has 29 heavy (non-hydrogen) atoms. The summed E-state index contributed by atoms with van der Waals surface area (Å²) in [4.78, 5) is 15.2. The Bertz CT molecular complexity index is 849. The number of Topliss-reactive ketones (excluding diaryl/α,β-unsaturated/α-hetero) is 1. The van der Waals surface area contributed by atoms with Gasteiger partial charge in [-0.25, -0.2) is 0 Å². The lowest BCUT2D eigenvalue weighted by Gasteiger charge is -2.20. The van der Waals surface area contributed by atoms with Crippen LogP contribution in [0.1, 0.15) is 47.7 Å². The zero-order chi connectivity index (χ0) is 20.8. The number of unbranched alkanes of at least 4 members (excludes halogenated alkanes) is 1. The number of phenols is 1. The molecule has 5 heteroatoms. The zero-order valence-electron chi connectivity index (χ0n) is 17.6. The number of carbonyl (C=O) groups is 1. The van der Waals surface area contributed by atoms with Crippen molar-refractivity contribution in [1.29, 1.82) is 0 Å². The highest BCUT2D eigenvalue weighted by Crippen LogP contribution is 2.38. The average Bonchev–Trinajstić information content (AvgIpc) is 3.03. The molecule has 5 nitrogen and oxygen atoms in total. The molecule has 2 aromatic carbocycles. The van der Waals surface area contributed by atoms with Crippen molar-refractivity contribution in [3.63, 3.8) is 0 Å². The van der Waals surface area contributed by atoms with Crippen molar-refractivity contribution in [2.24, 2.45) is 5.92 Å². The predicted molar refractivity (Wildman–Crippen MR) is 114 cm³/mol. The minimum Gasteiger partial charge on any atom is -0.508 e. The molecule has 0 spiro atoms. The second-order valence-electron chi connectivity index (χ2n) is 7.66. The van der Waals surface area contributed by atoms with Gasteiger partial charge in [-0.05, 0) is 67.7 Å². The van der Waals surface area contributed by atoms with E-state index in [9.17, 15) is 9.90 Å². The van der Waals surface area contributed by atoms with E-state index in [-0.39, 0.29) is 11.7 Å². The van der Waals surface area contributed by atoms with Gasteiger partial charge in [0.1, 0.15) is 5.75 Å². The Morgan fingerprint density at radius 2 is 1.86 bits per heavy atom. The first-order chi connectivity index (χ1) is 14.0. The van der Waals surface area contributed by atoms with Crippen LogP contribution in [0.3, 0.4) is 0 Å². The van der Waals surface area contributed by atoms with Crippen LogP contribution >= 0.6 is 0 Å². The Labute approximate surface area is 173 Å². The first kappa shape index (κ1) is 21.2. The third-order valence-corrected chi connectivity index (χ3v) is 5.75. The van der Waals surface area contributed by atoms with Crippen molar-refractivity contribution in [2.45, 2.75) is 39.2 Å². The van der Waals surface area contributed by atoms with Crippen LogP contribution in [0.15, 0.2) is 36.4 Å². The van der Waals surface area contributed by atoms with Gasteiger partial charge in [0, 0.05) is 18.0 Å². The van der Waals surface area contributed by atoms with Crippen molar-refractivity contribution in [3.8, 4) is 17.2 Å². The number of benzene rings is 2. The average molecular weight is 398 g/mol. The molecule has 3 rings (SSSR count). The number of phenolic OH excluding ortho intramolecular Hbond substituents is 1. The molecule has 1 aliphatic carbocycles. The number of nitrogens with zero attached hydrogens (tertiary/aromatic N) is 1. The minimum atomic E-state index is 0.0583. The molecule has 0 radical (unpaired) electrons. The molecule has 0 fully saturated rings. The highest BCUT2D eigenvalue weighted by Gasteiger charge is 2.31. The molecule has 0 aromatic heterocycles. The Morgan fingerprint density at radius 1 is 1.10 bits per heavy atom. The number of ketones is 1. The van der Waals surface area contributed by atoms with E-state index < -0.39 is 0 Å². The number of methoxy groups -OCH3 is 2. The van der Waals surface area contributed by atoms with Crippen molar-refractivity contribution < 1.29 is 19.4 Å². The highest BCUT2D eigenvalue weighted by atomic mass is 16.5. The summed E-state index contributed by atoms with van der Waals surface area (Å²) in [5.74, 6) is 1.90. The van der Waals surface area contributed by atoms with Gasteiger partial charge in [0.25, 0.3) is 0 Å². The molecule has 0 saturated carbocycles. The number of ether oxygens (including phenoxy) is 2. The number of hydrogen-bond donors (Lipinski definition) is 1. The molecule has 0 amide bonds. The standard InChI is InChI=1S/C24H31NO4/c1-4-25(16-17-8-7-10-20(26)12-17)11-6-5-9-18-13-19-14-22(28-2)23(29-3)15-21(19)24(18)27/h7-8,10,12,14-15,18,26H,4-6,9,11,13,16H2,1-3H3. The first-order valence-electron chi connectivity index (χ1n) is 10.3. The number of hydrogen-bond acceptors (Lipinski definition) is 5. The van der Waals surface area contributed by atoms with E-state index in [0.29, 0.717) is 17.2 Å².